The molecule has 0 aliphatic carbocycles. The smallest absolute Gasteiger partial charge is 0.323 e. The van der Waals surface area contributed by atoms with E-state index >= 15 is 0 Å². The van der Waals surface area contributed by atoms with Gasteiger partial charge in [-0.3, -0.25) is 14.5 Å². The molecule has 1 N–H and O–H groups in total. The van der Waals surface area contributed by atoms with Crippen LogP contribution >= 0.6 is 24.0 Å². The number of carboxylic acid groups (broad SMARTS) is 1. The molecule has 1 amide bonds. The number of likely N-dealkylation sites (N-methyl/N-ethyl adjacent to an activating group) is 1. The number of rotatable bonds is 3. The first-order chi connectivity index (χ1) is 10.5. The predicted octanol–water partition coefficient (Wildman–Crippen LogP) is 2.56. The van der Waals surface area contributed by atoms with Crippen LogP contribution in [0, 0.1) is 0 Å². The van der Waals surface area contributed by atoms with Crippen molar-refractivity contribution < 1.29 is 14.7 Å². The van der Waals surface area contributed by atoms with Crippen molar-refractivity contribution in [2.45, 2.75) is 6.54 Å². The van der Waals surface area contributed by atoms with Crippen LogP contribution in [0.15, 0.2) is 35.4 Å². The molecule has 1 aromatic carbocycles. The number of aromatic nitrogens is 1. The second-order valence-corrected chi connectivity index (χ2v) is 6.54. The standard InChI is InChI=1S/C15H12N2O3S2/c1-16-14(20)12(22-15(16)21)6-9-7-17(8-13(18)19)11-5-3-2-4-10(9)11/h2-7H,8H2,1H3,(H,18,19)/b12-6-. The Kier molecular flexibility index (Phi) is 3.76. The lowest BCUT2D eigenvalue weighted by molar-refractivity contribution is -0.137. The molecule has 5 nitrogen and oxygen atoms in total. The zero-order valence-electron chi connectivity index (χ0n) is 11.6. The zero-order valence-corrected chi connectivity index (χ0v) is 13.3. The van der Waals surface area contributed by atoms with Gasteiger partial charge in [0.1, 0.15) is 10.9 Å². The van der Waals surface area contributed by atoms with Gasteiger partial charge in [0.25, 0.3) is 5.91 Å². The van der Waals surface area contributed by atoms with Gasteiger partial charge in [-0.2, -0.15) is 0 Å². The molecule has 0 radical (unpaired) electrons. The number of nitrogens with zero attached hydrogens (tertiary/aromatic N) is 2. The number of para-hydroxylation sites is 1. The zero-order chi connectivity index (χ0) is 15.9. The summed E-state index contributed by atoms with van der Waals surface area (Å²) in [6, 6.07) is 7.51. The van der Waals surface area contributed by atoms with Gasteiger partial charge in [-0.1, -0.05) is 42.2 Å². The summed E-state index contributed by atoms with van der Waals surface area (Å²) in [5.74, 6) is -1.04. The number of carboxylic acids is 1. The van der Waals surface area contributed by atoms with E-state index in [-0.39, 0.29) is 12.5 Å². The molecule has 2 heterocycles. The van der Waals surface area contributed by atoms with Crippen LogP contribution in [0.3, 0.4) is 0 Å². The maximum atomic E-state index is 12.1. The molecule has 1 aromatic heterocycles. The minimum atomic E-state index is -0.910. The van der Waals surface area contributed by atoms with Gasteiger partial charge in [0.2, 0.25) is 0 Å². The van der Waals surface area contributed by atoms with E-state index in [0.29, 0.717) is 9.23 Å². The van der Waals surface area contributed by atoms with Crippen molar-refractivity contribution in [2.24, 2.45) is 0 Å². The lowest BCUT2D eigenvalue weighted by Crippen LogP contribution is -2.22. The van der Waals surface area contributed by atoms with E-state index in [2.05, 4.69) is 0 Å². The monoisotopic (exact) mass is 332 g/mol. The van der Waals surface area contributed by atoms with Gasteiger partial charge in [-0.05, 0) is 12.1 Å². The largest absolute Gasteiger partial charge is 0.480 e. The lowest BCUT2D eigenvalue weighted by atomic mass is 10.1. The maximum absolute atomic E-state index is 12.1. The summed E-state index contributed by atoms with van der Waals surface area (Å²) >= 11 is 6.37. The fraction of sp³-hybridized carbons (Fsp3) is 0.133. The first-order valence-electron chi connectivity index (χ1n) is 6.48. The molecule has 112 valence electrons. The molecular formula is C15H12N2O3S2. The van der Waals surface area contributed by atoms with Gasteiger partial charge in [0, 0.05) is 29.7 Å². The molecule has 1 fully saturated rings. The highest BCUT2D eigenvalue weighted by molar-refractivity contribution is 8.26. The van der Waals surface area contributed by atoms with Gasteiger partial charge in [0.15, 0.2) is 0 Å². The van der Waals surface area contributed by atoms with Crippen LogP contribution in [0.1, 0.15) is 5.56 Å². The molecular weight excluding hydrogens is 320 g/mol. The van der Waals surface area contributed by atoms with Crippen LogP contribution in [0.5, 0.6) is 0 Å². The van der Waals surface area contributed by atoms with Crippen molar-refractivity contribution in [1.82, 2.24) is 9.47 Å². The van der Waals surface area contributed by atoms with Crippen molar-refractivity contribution in [3.63, 3.8) is 0 Å². The molecule has 22 heavy (non-hydrogen) atoms. The minimum Gasteiger partial charge on any atom is -0.480 e. The Balaban J connectivity index is 2.10. The van der Waals surface area contributed by atoms with Gasteiger partial charge in [0.05, 0.1) is 4.91 Å². The highest BCUT2D eigenvalue weighted by Crippen LogP contribution is 2.33. The van der Waals surface area contributed by atoms with Crippen molar-refractivity contribution in [3.05, 3.63) is 40.9 Å². The Bertz CT molecular complexity index is 838. The van der Waals surface area contributed by atoms with E-state index in [1.54, 1.807) is 23.9 Å². The highest BCUT2D eigenvalue weighted by Gasteiger charge is 2.29. The Morgan fingerprint density at radius 1 is 1.41 bits per heavy atom. The number of hydrogen-bond donors (Lipinski definition) is 1. The molecule has 2 aromatic rings. The Labute approximate surface area is 136 Å². The SMILES string of the molecule is CN1C(=O)/C(=C/c2cn(CC(=O)O)c3ccccc23)SC1=S. The summed E-state index contributed by atoms with van der Waals surface area (Å²) in [6.07, 6.45) is 3.52. The van der Waals surface area contributed by atoms with Crippen molar-refractivity contribution in [1.29, 1.82) is 0 Å². The van der Waals surface area contributed by atoms with Crippen molar-refractivity contribution in [3.8, 4) is 0 Å². The second-order valence-electron chi connectivity index (χ2n) is 4.86. The quantitative estimate of drug-likeness (QED) is 0.691. The van der Waals surface area contributed by atoms with Gasteiger partial charge in [-0.25, -0.2) is 0 Å². The number of carbonyl (C=O) groups excluding carboxylic acids is 1. The van der Waals surface area contributed by atoms with Crippen LogP contribution in [-0.4, -0.2) is 37.8 Å². The number of fused-ring (bicyclic) bond motifs is 1. The van der Waals surface area contributed by atoms with E-state index < -0.39 is 5.97 Å². The third kappa shape index (κ3) is 2.53. The maximum Gasteiger partial charge on any atom is 0.323 e. The fourth-order valence-electron chi connectivity index (χ4n) is 2.35. The molecule has 0 unspecified atom stereocenters. The van der Waals surface area contributed by atoms with Crippen LogP contribution < -0.4 is 0 Å². The molecule has 0 saturated carbocycles. The van der Waals surface area contributed by atoms with Crippen LogP contribution in [0.4, 0.5) is 0 Å². The van der Waals surface area contributed by atoms with E-state index in [1.807, 2.05) is 24.3 Å². The first kappa shape index (κ1) is 14.8. The summed E-state index contributed by atoms with van der Waals surface area (Å²) in [5.41, 5.74) is 1.63. The average molecular weight is 332 g/mol. The number of thioether (sulfide) groups is 1. The van der Waals surface area contributed by atoms with E-state index in [0.717, 1.165) is 16.5 Å². The number of amides is 1. The highest BCUT2D eigenvalue weighted by atomic mass is 32.2. The second kappa shape index (κ2) is 5.58. The first-order valence-corrected chi connectivity index (χ1v) is 7.71. The van der Waals surface area contributed by atoms with Gasteiger partial charge >= 0.3 is 5.97 Å². The normalized spacial score (nSPS) is 17.0. The topological polar surface area (TPSA) is 62.5 Å². The third-order valence-electron chi connectivity index (χ3n) is 3.40. The summed E-state index contributed by atoms with van der Waals surface area (Å²) in [5, 5.41) is 9.92. The van der Waals surface area contributed by atoms with E-state index in [4.69, 9.17) is 17.3 Å². The minimum absolute atomic E-state index is 0.122. The van der Waals surface area contributed by atoms with Gasteiger partial charge < -0.3 is 9.67 Å². The van der Waals surface area contributed by atoms with Crippen molar-refractivity contribution >= 4 is 57.2 Å². The Morgan fingerprint density at radius 3 is 2.77 bits per heavy atom. The third-order valence-corrected chi connectivity index (χ3v) is 4.88. The molecule has 0 atom stereocenters. The number of aliphatic carboxylic acids is 1. The molecule has 1 aliphatic heterocycles. The number of hydrogen-bond acceptors (Lipinski definition) is 4. The Hall–Kier alpha value is -2.12. The molecule has 0 spiro atoms. The van der Waals surface area contributed by atoms with Crippen molar-refractivity contribution in [2.75, 3.05) is 7.05 Å². The van der Waals surface area contributed by atoms with Crippen LogP contribution in [0.2, 0.25) is 0 Å². The summed E-state index contributed by atoms with van der Waals surface area (Å²) < 4.78 is 2.18. The molecule has 7 heteroatoms. The molecule has 3 rings (SSSR count). The fourth-order valence-corrected chi connectivity index (χ4v) is 3.52. The van der Waals surface area contributed by atoms with Crippen LogP contribution in [-0.2, 0) is 16.1 Å². The summed E-state index contributed by atoms with van der Waals surface area (Å²) in [4.78, 5) is 25.1. The molecule has 1 saturated heterocycles. The van der Waals surface area contributed by atoms with Crippen LogP contribution in [0.25, 0.3) is 17.0 Å². The molecule has 0 bridgehead atoms. The summed E-state index contributed by atoms with van der Waals surface area (Å²) in [6.45, 7) is -0.122. The average Bonchev–Trinajstić information content (AvgIpc) is 2.93. The van der Waals surface area contributed by atoms with E-state index in [1.165, 1.54) is 16.7 Å². The number of thiocarbonyl (C=S) groups is 1. The Morgan fingerprint density at radius 2 is 2.14 bits per heavy atom. The number of carbonyl (C=O) groups is 2. The molecule has 1 aliphatic rings. The predicted molar refractivity (Wildman–Crippen MR) is 90.5 cm³/mol. The lowest BCUT2D eigenvalue weighted by Gasteiger charge is -2.03. The van der Waals surface area contributed by atoms with E-state index in [9.17, 15) is 9.59 Å². The van der Waals surface area contributed by atoms with Gasteiger partial charge in [-0.15, -0.1) is 0 Å². The summed E-state index contributed by atoms with van der Waals surface area (Å²) in [7, 11) is 1.65. The number of benzene rings is 1.